The van der Waals surface area contributed by atoms with E-state index in [1.54, 1.807) is 6.07 Å². The Labute approximate surface area is 76.4 Å². The number of aromatic nitrogens is 4. The first kappa shape index (κ1) is 7.87. The zero-order chi connectivity index (χ0) is 9.26. The van der Waals surface area contributed by atoms with Crippen LogP contribution in [0.15, 0.2) is 17.5 Å². The maximum Gasteiger partial charge on any atom is 0.377 e. The fourth-order valence-corrected chi connectivity index (χ4v) is 1.40. The summed E-state index contributed by atoms with van der Waals surface area (Å²) >= 11 is 1.41. The Morgan fingerprint density at radius 2 is 2.46 bits per heavy atom. The SMILES string of the molecule is O=C(O)c1nnn(-c2cccs2)n1. The number of thiophene rings is 1. The van der Waals surface area contributed by atoms with Gasteiger partial charge in [0.2, 0.25) is 0 Å². The smallest absolute Gasteiger partial charge is 0.377 e. The summed E-state index contributed by atoms with van der Waals surface area (Å²) in [6.45, 7) is 0. The van der Waals surface area contributed by atoms with E-state index in [4.69, 9.17) is 5.11 Å². The van der Waals surface area contributed by atoms with Gasteiger partial charge in [0.15, 0.2) is 0 Å². The zero-order valence-electron chi connectivity index (χ0n) is 6.28. The van der Waals surface area contributed by atoms with Gasteiger partial charge in [0.05, 0.1) is 0 Å². The molecule has 2 heterocycles. The van der Waals surface area contributed by atoms with Crippen LogP contribution in [0.5, 0.6) is 0 Å². The molecule has 13 heavy (non-hydrogen) atoms. The van der Waals surface area contributed by atoms with Gasteiger partial charge >= 0.3 is 5.97 Å². The third kappa shape index (κ3) is 1.41. The number of carbonyl (C=O) groups is 1. The average molecular weight is 196 g/mol. The van der Waals surface area contributed by atoms with E-state index in [1.165, 1.54) is 16.1 Å². The summed E-state index contributed by atoms with van der Waals surface area (Å²) in [7, 11) is 0. The second kappa shape index (κ2) is 2.94. The lowest BCUT2D eigenvalue weighted by molar-refractivity contribution is 0.0683. The van der Waals surface area contributed by atoms with E-state index in [1.807, 2.05) is 11.4 Å². The minimum Gasteiger partial charge on any atom is -0.475 e. The highest BCUT2D eigenvalue weighted by Gasteiger charge is 2.11. The quantitative estimate of drug-likeness (QED) is 0.752. The van der Waals surface area contributed by atoms with Crippen LogP contribution in [0, 0.1) is 0 Å². The normalized spacial score (nSPS) is 10.2. The maximum absolute atomic E-state index is 10.4. The van der Waals surface area contributed by atoms with Gasteiger partial charge in [-0.05, 0) is 22.7 Å². The van der Waals surface area contributed by atoms with Gasteiger partial charge in [-0.25, -0.2) is 4.79 Å². The fraction of sp³-hybridized carbons (Fsp3) is 0. The van der Waals surface area contributed by atoms with E-state index in [2.05, 4.69) is 15.4 Å². The number of hydrogen-bond donors (Lipinski definition) is 1. The van der Waals surface area contributed by atoms with Crippen molar-refractivity contribution in [2.45, 2.75) is 0 Å². The van der Waals surface area contributed by atoms with E-state index in [0.717, 1.165) is 5.00 Å². The van der Waals surface area contributed by atoms with Crippen LogP contribution in [0.4, 0.5) is 0 Å². The molecule has 0 aromatic carbocycles. The Balaban J connectivity index is 2.39. The Bertz CT molecular complexity index is 422. The van der Waals surface area contributed by atoms with E-state index in [-0.39, 0.29) is 5.82 Å². The van der Waals surface area contributed by atoms with Gasteiger partial charge in [0.1, 0.15) is 5.00 Å². The average Bonchev–Trinajstić information content (AvgIpc) is 2.75. The first-order valence-electron chi connectivity index (χ1n) is 3.34. The molecule has 0 unspecified atom stereocenters. The molecule has 0 amide bonds. The molecular formula is C6H4N4O2S. The lowest BCUT2D eigenvalue weighted by Gasteiger charge is -1.88. The van der Waals surface area contributed by atoms with Gasteiger partial charge in [-0.2, -0.15) is 0 Å². The van der Waals surface area contributed by atoms with Gasteiger partial charge in [-0.1, -0.05) is 0 Å². The topological polar surface area (TPSA) is 80.9 Å². The summed E-state index contributed by atoms with van der Waals surface area (Å²) in [6, 6.07) is 3.60. The van der Waals surface area contributed by atoms with Gasteiger partial charge in [0, 0.05) is 0 Å². The molecule has 2 rings (SSSR count). The minimum absolute atomic E-state index is 0.298. The number of carboxylic acids is 1. The predicted octanol–water partition coefficient (Wildman–Crippen LogP) is 0.422. The van der Waals surface area contributed by atoms with Crippen molar-refractivity contribution in [3.8, 4) is 5.00 Å². The highest BCUT2D eigenvalue weighted by atomic mass is 32.1. The van der Waals surface area contributed by atoms with Gasteiger partial charge in [-0.15, -0.1) is 26.3 Å². The van der Waals surface area contributed by atoms with Crippen LogP contribution in [0.25, 0.3) is 5.00 Å². The number of hydrogen-bond acceptors (Lipinski definition) is 5. The molecule has 7 heteroatoms. The first-order valence-corrected chi connectivity index (χ1v) is 4.22. The molecule has 66 valence electrons. The Kier molecular flexibility index (Phi) is 1.78. The second-order valence-corrected chi connectivity index (χ2v) is 3.09. The highest BCUT2D eigenvalue weighted by molar-refractivity contribution is 7.12. The number of rotatable bonds is 2. The molecule has 6 nitrogen and oxygen atoms in total. The van der Waals surface area contributed by atoms with E-state index < -0.39 is 5.97 Å². The number of aromatic carboxylic acids is 1. The molecule has 0 radical (unpaired) electrons. The largest absolute Gasteiger partial charge is 0.475 e. The molecule has 0 fully saturated rings. The minimum atomic E-state index is -1.18. The van der Waals surface area contributed by atoms with Crippen LogP contribution in [-0.4, -0.2) is 31.3 Å². The predicted molar refractivity (Wildman–Crippen MR) is 44.0 cm³/mol. The van der Waals surface area contributed by atoms with Crippen molar-refractivity contribution >= 4 is 17.3 Å². The van der Waals surface area contributed by atoms with Crippen molar-refractivity contribution in [2.24, 2.45) is 0 Å². The lowest BCUT2D eigenvalue weighted by Crippen LogP contribution is -2.01. The van der Waals surface area contributed by atoms with Crippen LogP contribution in [0.2, 0.25) is 0 Å². The molecule has 0 saturated heterocycles. The second-order valence-electron chi connectivity index (χ2n) is 2.16. The van der Waals surface area contributed by atoms with Crippen LogP contribution in [0.3, 0.4) is 0 Å². The van der Waals surface area contributed by atoms with E-state index in [0.29, 0.717) is 0 Å². The van der Waals surface area contributed by atoms with Crippen molar-refractivity contribution in [1.29, 1.82) is 0 Å². The number of nitrogens with zero attached hydrogens (tertiary/aromatic N) is 4. The molecule has 0 spiro atoms. The molecule has 0 aliphatic carbocycles. The van der Waals surface area contributed by atoms with Crippen LogP contribution in [-0.2, 0) is 0 Å². The van der Waals surface area contributed by atoms with Gasteiger partial charge < -0.3 is 5.11 Å². The van der Waals surface area contributed by atoms with Crippen LogP contribution < -0.4 is 0 Å². The van der Waals surface area contributed by atoms with Gasteiger partial charge in [-0.3, -0.25) is 0 Å². The summed E-state index contributed by atoms with van der Waals surface area (Å²) in [5.74, 6) is -1.48. The summed E-state index contributed by atoms with van der Waals surface area (Å²) in [5, 5.41) is 21.7. The van der Waals surface area contributed by atoms with Crippen molar-refractivity contribution in [2.75, 3.05) is 0 Å². The molecule has 0 bridgehead atoms. The summed E-state index contributed by atoms with van der Waals surface area (Å²) < 4.78 is 0. The Morgan fingerprint density at radius 1 is 1.62 bits per heavy atom. The number of carboxylic acid groups (broad SMARTS) is 1. The van der Waals surface area contributed by atoms with Crippen molar-refractivity contribution in [3.63, 3.8) is 0 Å². The van der Waals surface area contributed by atoms with Crippen molar-refractivity contribution in [3.05, 3.63) is 23.3 Å². The molecule has 0 saturated carbocycles. The standard InChI is InChI=1S/C6H4N4O2S/c11-6(12)5-7-9-10(8-5)4-2-1-3-13-4/h1-3H,(H,11,12). The summed E-state index contributed by atoms with van der Waals surface area (Å²) in [5.41, 5.74) is 0. The molecule has 2 aromatic heterocycles. The van der Waals surface area contributed by atoms with Crippen LogP contribution in [0.1, 0.15) is 10.6 Å². The lowest BCUT2D eigenvalue weighted by atomic mass is 10.6. The highest BCUT2D eigenvalue weighted by Crippen LogP contribution is 2.11. The maximum atomic E-state index is 10.4. The molecule has 0 aliphatic rings. The molecule has 2 aromatic rings. The zero-order valence-corrected chi connectivity index (χ0v) is 7.10. The third-order valence-electron chi connectivity index (χ3n) is 1.31. The fourth-order valence-electron chi connectivity index (χ4n) is 0.777. The monoisotopic (exact) mass is 196 g/mol. The first-order chi connectivity index (χ1) is 6.27. The Morgan fingerprint density at radius 3 is 3.00 bits per heavy atom. The van der Waals surface area contributed by atoms with E-state index >= 15 is 0 Å². The third-order valence-corrected chi connectivity index (χ3v) is 2.14. The van der Waals surface area contributed by atoms with E-state index in [9.17, 15) is 4.79 Å². The summed E-state index contributed by atoms with van der Waals surface area (Å²) in [4.78, 5) is 11.6. The molecular weight excluding hydrogens is 192 g/mol. The molecule has 0 atom stereocenters. The summed E-state index contributed by atoms with van der Waals surface area (Å²) in [6.07, 6.45) is 0. The Hall–Kier alpha value is -1.76. The van der Waals surface area contributed by atoms with Crippen LogP contribution >= 0.6 is 11.3 Å². The molecule has 1 N–H and O–H groups in total. The van der Waals surface area contributed by atoms with Gasteiger partial charge in [0.25, 0.3) is 5.82 Å². The molecule has 0 aliphatic heterocycles. The van der Waals surface area contributed by atoms with Crippen molar-refractivity contribution < 1.29 is 9.90 Å². The number of tetrazole rings is 1. The van der Waals surface area contributed by atoms with Crippen molar-refractivity contribution in [1.82, 2.24) is 20.2 Å².